The molecule has 3 rings (SSSR count). The van der Waals surface area contributed by atoms with Crippen LogP contribution in [0.4, 0.5) is 5.69 Å². The van der Waals surface area contributed by atoms with Crippen LogP contribution in [0, 0.1) is 10.1 Å². The predicted molar refractivity (Wildman–Crippen MR) is 138 cm³/mol. The summed E-state index contributed by atoms with van der Waals surface area (Å²) < 4.78 is 12.2. The fourth-order valence-electron chi connectivity index (χ4n) is 3.20. The van der Waals surface area contributed by atoms with E-state index in [0.29, 0.717) is 21.6 Å². The number of nitro groups is 1. The molecule has 1 heterocycles. The number of nitrogens with zero attached hydrogens (tertiary/aromatic N) is 3. The summed E-state index contributed by atoms with van der Waals surface area (Å²) in [5, 5.41) is 11.5. The summed E-state index contributed by atoms with van der Waals surface area (Å²) in [5.41, 5.74) is 1.58. The summed E-state index contributed by atoms with van der Waals surface area (Å²) in [6.07, 6.45) is 1.82. The van der Waals surface area contributed by atoms with Crippen molar-refractivity contribution in [1.82, 2.24) is 4.90 Å². The standard InChI is InChI=1S/C24H26BrN3O5S/c1-14(2)26-24-27(15(3)4)23(29)22(34-24)11-17-10-20(32-5)21(12-19(17)25)33-13-16-6-8-18(9-7-16)28(30)31/h6-12,14-15H,13H2,1-5H3/b22-11+,26-24?. The molecule has 0 aliphatic carbocycles. The van der Waals surface area contributed by atoms with Crippen molar-refractivity contribution in [3.05, 3.63) is 67.0 Å². The summed E-state index contributed by atoms with van der Waals surface area (Å²) in [4.78, 5) is 30.3. The number of hydrogen-bond acceptors (Lipinski definition) is 7. The Labute approximate surface area is 211 Å². The monoisotopic (exact) mass is 547 g/mol. The van der Waals surface area contributed by atoms with Gasteiger partial charge in [0.1, 0.15) is 6.61 Å². The third-order valence-corrected chi connectivity index (χ3v) is 6.52. The normalized spacial score (nSPS) is 16.2. The van der Waals surface area contributed by atoms with Crippen molar-refractivity contribution < 1.29 is 19.2 Å². The zero-order valence-corrected chi connectivity index (χ0v) is 22.0. The number of benzene rings is 2. The van der Waals surface area contributed by atoms with Gasteiger partial charge in [-0.1, -0.05) is 15.9 Å². The number of rotatable bonds is 8. The molecule has 2 aromatic rings. The number of amides is 1. The number of halogens is 1. The predicted octanol–water partition coefficient (Wildman–Crippen LogP) is 6.03. The number of non-ortho nitro benzene ring substituents is 1. The zero-order chi connectivity index (χ0) is 25.0. The van der Waals surface area contributed by atoms with Crippen LogP contribution in [-0.4, -0.2) is 40.1 Å². The summed E-state index contributed by atoms with van der Waals surface area (Å²) in [6.45, 7) is 8.11. The number of thioether (sulfide) groups is 1. The van der Waals surface area contributed by atoms with Gasteiger partial charge in [-0.15, -0.1) is 0 Å². The van der Waals surface area contributed by atoms with E-state index in [1.54, 1.807) is 36.3 Å². The second-order valence-corrected chi connectivity index (χ2v) is 9.99. The van der Waals surface area contributed by atoms with E-state index in [1.807, 2.05) is 33.8 Å². The average Bonchev–Trinajstić information content (AvgIpc) is 3.07. The SMILES string of the molecule is COc1cc(/C=C2/SC(=NC(C)C)N(C(C)C)C2=O)c(Br)cc1OCc1ccc([N+](=O)[O-])cc1. The second kappa shape index (κ2) is 11.1. The number of ether oxygens (including phenoxy) is 2. The Balaban J connectivity index is 1.85. The molecule has 1 amide bonds. The third kappa shape index (κ3) is 5.98. The molecule has 1 fully saturated rings. The fourth-order valence-corrected chi connectivity index (χ4v) is 4.86. The van der Waals surface area contributed by atoms with Gasteiger partial charge in [-0.2, -0.15) is 0 Å². The highest BCUT2D eigenvalue weighted by Gasteiger charge is 2.35. The van der Waals surface area contributed by atoms with E-state index in [0.717, 1.165) is 15.6 Å². The summed E-state index contributed by atoms with van der Waals surface area (Å²) in [6, 6.07) is 9.84. The van der Waals surface area contributed by atoms with Crippen LogP contribution in [0.1, 0.15) is 38.8 Å². The summed E-state index contributed by atoms with van der Waals surface area (Å²) in [5.74, 6) is 0.930. The molecule has 0 aromatic heterocycles. The Morgan fingerprint density at radius 3 is 2.41 bits per heavy atom. The highest BCUT2D eigenvalue weighted by Crippen LogP contribution is 2.39. The lowest BCUT2D eigenvalue weighted by Crippen LogP contribution is -2.35. The molecule has 0 radical (unpaired) electrons. The lowest BCUT2D eigenvalue weighted by atomic mass is 10.1. The van der Waals surface area contributed by atoms with Gasteiger partial charge in [0.25, 0.3) is 11.6 Å². The number of nitro benzene ring substituents is 1. The quantitative estimate of drug-likeness (QED) is 0.227. The molecule has 2 aromatic carbocycles. The Morgan fingerprint density at radius 1 is 1.18 bits per heavy atom. The van der Waals surface area contributed by atoms with Crippen LogP contribution < -0.4 is 9.47 Å². The lowest BCUT2D eigenvalue weighted by Gasteiger charge is -2.20. The van der Waals surface area contributed by atoms with E-state index in [4.69, 9.17) is 9.47 Å². The summed E-state index contributed by atoms with van der Waals surface area (Å²) in [7, 11) is 1.54. The highest BCUT2D eigenvalue weighted by atomic mass is 79.9. The zero-order valence-electron chi connectivity index (χ0n) is 19.6. The first-order valence-corrected chi connectivity index (χ1v) is 12.3. The third-order valence-electron chi connectivity index (χ3n) is 4.83. The first-order chi connectivity index (χ1) is 16.1. The van der Waals surface area contributed by atoms with Crippen LogP contribution in [0.5, 0.6) is 11.5 Å². The largest absolute Gasteiger partial charge is 0.493 e. The smallest absolute Gasteiger partial charge is 0.269 e. The molecule has 0 saturated carbocycles. The topological polar surface area (TPSA) is 94.3 Å². The average molecular weight is 548 g/mol. The number of carbonyl (C=O) groups excluding carboxylic acids is 1. The van der Waals surface area contributed by atoms with E-state index in [2.05, 4.69) is 20.9 Å². The van der Waals surface area contributed by atoms with Crippen molar-refractivity contribution in [3.8, 4) is 11.5 Å². The molecule has 34 heavy (non-hydrogen) atoms. The molecule has 1 saturated heterocycles. The van der Waals surface area contributed by atoms with Gasteiger partial charge < -0.3 is 9.47 Å². The molecule has 0 bridgehead atoms. The van der Waals surface area contributed by atoms with Crippen LogP contribution in [-0.2, 0) is 11.4 Å². The minimum absolute atomic E-state index is 0.00317. The fraction of sp³-hybridized carbons (Fsp3) is 0.333. The van der Waals surface area contributed by atoms with Gasteiger partial charge in [-0.05, 0) is 80.9 Å². The van der Waals surface area contributed by atoms with E-state index in [9.17, 15) is 14.9 Å². The molecule has 8 nitrogen and oxygen atoms in total. The first kappa shape index (κ1) is 25.8. The maximum Gasteiger partial charge on any atom is 0.269 e. The van der Waals surface area contributed by atoms with Crippen LogP contribution in [0.25, 0.3) is 6.08 Å². The van der Waals surface area contributed by atoms with Crippen molar-refractivity contribution in [2.45, 2.75) is 46.4 Å². The van der Waals surface area contributed by atoms with Crippen molar-refractivity contribution in [2.75, 3.05) is 7.11 Å². The van der Waals surface area contributed by atoms with Gasteiger partial charge in [0.15, 0.2) is 16.7 Å². The lowest BCUT2D eigenvalue weighted by molar-refractivity contribution is -0.384. The Hall–Kier alpha value is -2.85. The van der Waals surface area contributed by atoms with Gasteiger partial charge in [0.05, 0.1) is 16.9 Å². The minimum Gasteiger partial charge on any atom is -0.493 e. The van der Waals surface area contributed by atoms with Crippen LogP contribution in [0.2, 0.25) is 0 Å². The van der Waals surface area contributed by atoms with Crippen molar-refractivity contribution in [3.63, 3.8) is 0 Å². The van der Waals surface area contributed by atoms with Crippen LogP contribution in [0.3, 0.4) is 0 Å². The van der Waals surface area contributed by atoms with E-state index < -0.39 is 4.92 Å². The van der Waals surface area contributed by atoms with Crippen molar-refractivity contribution in [2.24, 2.45) is 4.99 Å². The first-order valence-electron chi connectivity index (χ1n) is 10.6. The molecule has 1 aliphatic heterocycles. The van der Waals surface area contributed by atoms with Crippen molar-refractivity contribution in [1.29, 1.82) is 0 Å². The Morgan fingerprint density at radius 2 is 1.85 bits per heavy atom. The molecule has 1 aliphatic rings. The highest BCUT2D eigenvalue weighted by molar-refractivity contribution is 9.10. The molecule has 0 spiro atoms. The van der Waals surface area contributed by atoms with Gasteiger partial charge in [-0.25, -0.2) is 0 Å². The van der Waals surface area contributed by atoms with Crippen LogP contribution >= 0.6 is 27.7 Å². The number of aliphatic imine (C=N–C) groups is 1. The van der Waals surface area contributed by atoms with Crippen molar-refractivity contribution >= 4 is 50.5 Å². The number of methoxy groups -OCH3 is 1. The Kier molecular flexibility index (Phi) is 8.37. The molecular weight excluding hydrogens is 522 g/mol. The molecule has 180 valence electrons. The molecule has 0 N–H and O–H groups in total. The summed E-state index contributed by atoms with van der Waals surface area (Å²) >= 11 is 4.93. The number of amidine groups is 1. The molecular formula is C24H26BrN3O5S. The van der Waals surface area contributed by atoms with Crippen LogP contribution in [0.15, 0.2) is 50.8 Å². The second-order valence-electron chi connectivity index (χ2n) is 8.12. The number of carbonyl (C=O) groups is 1. The minimum atomic E-state index is -0.441. The Bertz CT molecular complexity index is 1150. The maximum atomic E-state index is 13.0. The van der Waals surface area contributed by atoms with E-state index in [-0.39, 0.29) is 30.3 Å². The van der Waals surface area contributed by atoms with E-state index >= 15 is 0 Å². The molecule has 0 unspecified atom stereocenters. The molecule has 10 heteroatoms. The van der Waals surface area contributed by atoms with Gasteiger partial charge in [-0.3, -0.25) is 24.8 Å². The number of hydrogen-bond donors (Lipinski definition) is 0. The van der Waals surface area contributed by atoms with Gasteiger partial charge >= 0.3 is 0 Å². The van der Waals surface area contributed by atoms with Gasteiger partial charge in [0, 0.05) is 28.7 Å². The molecule has 0 atom stereocenters. The van der Waals surface area contributed by atoms with Gasteiger partial charge in [0.2, 0.25) is 0 Å². The maximum absolute atomic E-state index is 13.0. The van der Waals surface area contributed by atoms with E-state index in [1.165, 1.54) is 23.9 Å².